The van der Waals surface area contributed by atoms with Gasteiger partial charge in [0.2, 0.25) is 0 Å². The Morgan fingerprint density at radius 2 is 1.80 bits per heavy atom. The highest BCUT2D eigenvalue weighted by atomic mass is 16.4. The van der Waals surface area contributed by atoms with Gasteiger partial charge in [0.25, 0.3) is 5.56 Å². The molecule has 0 radical (unpaired) electrons. The molecule has 1 fully saturated rings. The molecule has 1 aliphatic carbocycles. The maximum atomic E-state index is 12.3. The second-order valence-electron chi connectivity index (χ2n) is 5.21. The lowest BCUT2D eigenvalue weighted by atomic mass is 10.1. The zero-order valence-corrected chi connectivity index (χ0v) is 11.2. The van der Waals surface area contributed by atoms with Gasteiger partial charge in [-0.25, -0.2) is 4.79 Å². The van der Waals surface area contributed by atoms with E-state index in [2.05, 4.69) is 0 Å². The summed E-state index contributed by atoms with van der Waals surface area (Å²) in [5, 5.41) is 9.08. The van der Waals surface area contributed by atoms with Gasteiger partial charge < -0.3 is 9.67 Å². The van der Waals surface area contributed by atoms with Crippen molar-refractivity contribution in [3.63, 3.8) is 0 Å². The molecule has 1 aromatic carbocycles. The summed E-state index contributed by atoms with van der Waals surface area (Å²) in [5.41, 5.74) is 2.32. The van der Waals surface area contributed by atoms with Crippen molar-refractivity contribution in [1.29, 1.82) is 0 Å². The fourth-order valence-corrected chi connectivity index (χ4v) is 2.37. The van der Waals surface area contributed by atoms with E-state index in [1.807, 2.05) is 31.2 Å². The molecule has 0 aliphatic heterocycles. The van der Waals surface area contributed by atoms with Gasteiger partial charge in [-0.15, -0.1) is 0 Å². The van der Waals surface area contributed by atoms with Crippen molar-refractivity contribution in [2.45, 2.75) is 25.8 Å². The fraction of sp³-hybridized carbons (Fsp3) is 0.250. The van der Waals surface area contributed by atoms with E-state index < -0.39 is 11.5 Å². The molecule has 0 unspecified atom stereocenters. The quantitative estimate of drug-likeness (QED) is 0.932. The Balaban J connectivity index is 2.21. The van der Waals surface area contributed by atoms with Gasteiger partial charge in [0.15, 0.2) is 0 Å². The standard InChI is InChI=1S/C16H15NO3/c1-10-2-4-11(5-3-10)14-9-8-13(16(19)20)15(18)17(14)12-6-7-12/h2-5,8-9,12H,6-7H2,1H3,(H,19,20). The number of aromatic carboxylic acids is 1. The molecular weight excluding hydrogens is 254 g/mol. The van der Waals surface area contributed by atoms with Crippen LogP contribution in [0.3, 0.4) is 0 Å². The summed E-state index contributed by atoms with van der Waals surface area (Å²) in [6.07, 6.45) is 1.86. The lowest BCUT2D eigenvalue weighted by Gasteiger charge is -2.13. The van der Waals surface area contributed by atoms with Gasteiger partial charge in [-0.05, 0) is 37.5 Å². The first-order chi connectivity index (χ1) is 9.58. The number of carbonyl (C=O) groups is 1. The molecule has 1 heterocycles. The molecule has 3 rings (SSSR count). The van der Waals surface area contributed by atoms with Crippen LogP contribution in [0.5, 0.6) is 0 Å². The van der Waals surface area contributed by atoms with E-state index in [-0.39, 0.29) is 11.6 Å². The third-order valence-electron chi connectivity index (χ3n) is 3.61. The van der Waals surface area contributed by atoms with Gasteiger partial charge in [0.05, 0.1) is 5.69 Å². The zero-order chi connectivity index (χ0) is 14.3. The first-order valence-corrected chi connectivity index (χ1v) is 6.64. The van der Waals surface area contributed by atoms with Gasteiger partial charge in [-0.2, -0.15) is 0 Å². The van der Waals surface area contributed by atoms with Crippen molar-refractivity contribution in [3.05, 3.63) is 57.9 Å². The van der Waals surface area contributed by atoms with Crippen LogP contribution in [-0.2, 0) is 0 Å². The molecular formula is C16H15NO3. The average molecular weight is 269 g/mol. The molecule has 2 aromatic rings. The second kappa shape index (κ2) is 4.63. The summed E-state index contributed by atoms with van der Waals surface area (Å²) in [7, 11) is 0. The van der Waals surface area contributed by atoms with Gasteiger partial charge in [-0.3, -0.25) is 4.79 Å². The van der Waals surface area contributed by atoms with Crippen molar-refractivity contribution in [3.8, 4) is 11.3 Å². The lowest BCUT2D eigenvalue weighted by molar-refractivity contribution is 0.0694. The third-order valence-corrected chi connectivity index (χ3v) is 3.61. The Kier molecular flexibility index (Phi) is 2.93. The Morgan fingerprint density at radius 3 is 2.35 bits per heavy atom. The minimum atomic E-state index is -1.17. The van der Waals surface area contributed by atoms with Crippen molar-refractivity contribution in [1.82, 2.24) is 4.57 Å². The van der Waals surface area contributed by atoms with E-state index in [0.29, 0.717) is 0 Å². The summed E-state index contributed by atoms with van der Waals surface area (Å²) >= 11 is 0. The largest absolute Gasteiger partial charge is 0.477 e. The number of rotatable bonds is 3. The number of nitrogens with zero attached hydrogens (tertiary/aromatic N) is 1. The topological polar surface area (TPSA) is 59.3 Å². The Bertz CT molecular complexity index is 724. The number of aryl methyl sites for hydroxylation is 1. The first-order valence-electron chi connectivity index (χ1n) is 6.64. The SMILES string of the molecule is Cc1ccc(-c2ccc(C(=O)O)c(=O)n2C2CC2)cc1. The van der Waals surface area contributed by atoms with Crippen LogP contribution in [0.25, 0.3) is 11.3 Å². The minimum absolute atomic E-state index is 0.137. The van der Waals surface area contributed by atoms with Gasteiger partial charge in [0.1, 0.15) is 5.56 Å². The highest BCUT2D eigenvalue weighted by Crippen LogP contribution is 2.37. The molecule has 1 N–H and O–H groups in total. The van der Waals surface area contributed by atoms with Crippen LogP contribution in [-0.4, -0.2) is 15.6 Å². The predicted octanol–water partition coefficient (Wildman–Crippen LogP) is 2.86. The molecule has 1 saturated carbocycles. The van der Waals surface area contributed by atoms with Crippen molar-refractivity contribution in [2.24, 2.45) is 0 Å². The highest BCUT2D eigenvalue weighted by Gasteiger charge is 2.28. The molecule has 0 bridgehead atoms. The molecule has 4 nitrogen and oxygen atoms in total. The molecule has 4 heteroatoms. The summed E-state index contributed by atoms with van der Waals surface area (Å²) in [6, 6.07) is 11.2. The van der Waals surface area contributed by atoms with Crippen LogP contribution in [0.15, 0.2) is 41.2 Å². The number of benzene rings is 1. The number of hydrogen-bond acceptors (Lipinski definition) is 2. The molecule has 20 heavy (non-hydrogen) atoms. The van der Waals surface area contributed by atoms with E-state index in [0.717, 1.165) is 29.7 Å². The monoisotopic (exact) mass is 269 g/mol. The minimum Gasteiger partial charge on any atom is -0.477 e. The number of hydrogen-bond donors (Lipinski definition) is 1. The van der Waals surface area contributed by atoms with Gasteiger partial charge in [-0.1, -0.05) is 29.8 Å². The predicted molar refractivity (Wildman–Crippen MR) is 76.1 cm³/mol. The number of carboxylic acid groups (broad SMARTS) is 1. The van der Waals surface area contributed by atoms with E-state index in [9.17, 15) is 9.59 Å². The average Bonchev–Trinajstić information content (AvgIpc) is 3.23. The lowest BCUT2D eigenvalue weighted by Crippen LogP contribution is -2.26. The number of pyridine rings is 1. The van der Waals surface area contributed by atoms with E-state index in [1.54, 1.807) is 10.6 Å². The second-order valence-corrected chi connectivity index (χ2v) is 5.21. The number of carboxylic acids is 1. The van der Waals surface area contributed by atoms with E-state index in [1.165, 1.54) is 6.07 Å². The van der Waals surface area contributed by atoms with Crippen LogP contribution in [0, 0.1) is 6.92 Å². The maximum absolute atomic E-state index is 12.3. The summed E-state index contributed by atoms with van der Waals surface area (Å²) < 4.78 is 1.63. The Labute approximate surface area is 116 Å². The highest BCUT2D eigenvalue weighted by molar-refractivity contribution is 5.87. The molecule has 0 spiro atoms. The van der Waals surface area contributed by atoms with Crippen LogP contribution >= 0.6 is 0 Å². The van der Waals surface area contributed by atoms with Crippen LogP contribution in [0.2, 0.25) is 0 Å². The smallest absolute Gasteiger partial charge is 0.341 e. The summed E-state index contributed by atoms with van der Waals surface area (Å²) in [5.74, 6) is -1.17. The van der Waals surface area contributed by atoms with Crippen LogP contribution in [0.4, 0.5) is 0 Å². The van der Waals surface area contributed by atoms with E-state index >= 15 is 0 Å². The van der Waals surface area contributed by atoms with Gasteiger partial charge >= 0.3 is 5.97 Å². The summed E-state index contributed by atoms with van der Waals surface area (Å²) in [4.78, 5) is 23.4. The Hall–Kier alpha value is -2.36. The molecule has 1 aliphatic rings. The van der Waals surface area contributed by atoms with E-state index in [4.69, 9.17) is 5.11 Å². The van der Waals surface area contributed by atoms with Crippen LogP contribution in [0.1, 0.15) is 34.8 Å². The van der Waals surface area contributed by atoms with Crippen molar-refractivity contribution < 1.29 is 9.90 Å². The summed E-state index contributed by atoms with van der Waals surface area (Å²) in [6.45, 7) is 2.01. The third kappa shape index (κ3) is 2.13. The van der Waals surface area contributed by atoms with Crippen LogP contribution < -0.4 is 5.56 Å². The van der Waals surface area contributed by atoms with Crippen molar-refractivity contribution >= 4 is 5.97 Å². The molecule has 0 saturated heterocycles. The maximum Gasteiger partial charge on any atom is 0.341 e. The number of aromatic nitrogens is 1. The molecule has 1 aromatic heterocycles. The Morgan fingerprint density at radius 1 is 1.15 bits per heavy atom. The zero-order valence-electron chi connectivity index (χ0n) is 11.2. The van der Waals surface area contributed by atoms with Crippen molar-refractivity contribution in [2.75, 3.05) is 0 Å². The molecule has 0 atom stereocenters. The first kappa shape index (κ1) is 12.7. The molecule has 102 valence electrons. The normalized spacial score (nSPS) is 14.2. The molecule has 0 amide bonds. The fourth-order valence-electron chi connectivity index (χ4n) is 2.37. The van der Waals surface area contributed by atoms with Gasteiger partial charge in [0, 0.05) is 6.04 Å².